The molecule has 0 fully saturated rings. The summed E-state index contributed by atoms with van der Waals surface area (Å²) in [5.74, 6) is 0.966. The fourth-order valence-electron chi connectivity index (χ4n) is 1.39. The number of rotatable bonds is 6. The van der Waals surface area contributed by atoms with Gasteiger partial charge in [-0.15, -0.1) is 0 Å². The highest BCUT2D eigenvalue weighted by Gasteiger charge is 2.10. The molecule has 0 spiro atoms. The van der Waals surface area contributed by atoms with Crippen LogP contribution in [0, 0.1) is 0 Å². The van der Waals surface area contributed by atoms with Gasteiger partial charge in [-0.25, -0.2) is 0 Å². The fourth-order valence-corrected chi connectivity index (χ4v) is 1.39. The second-order valence-corrected chi connectivity index (χ2v) is 3.46. The average molecular weight is 197 g/mol. The van der Waals surface area contributed by atoms with Gasteiger partial charge in [-0.3, -0.25) is 0 Å². The molecule has 1 heterocycles. The van der Waals surface area contributed by atoms with E-state index in [4.69, 9.17) is 9.15 Å². The minimum Gasteiger partial charge on any atom is -0.468 e. The number of nitrogens with one attached hydrogen (secondary N) is 1. The third-order valence-corrected chi connectivity index (χ3v) is 2.08. The average Bonchev–Trinajstić information content (AvgIpc) is 2.67. The quantitative estimate of drug-likeness (QED) is 0.760. The van der Waals surface area contributed by atoms with E-state index in [9.17, 15) is 0 Å². The number of furan rings is 1. The van der Waals surface area contributed by atoms with Gasteiger partial charge < -0.3 is 14.5 Å². The van der Waals surface area contributed by atoms with Gasteiger partial charge >= 0.3 is 0 Å². The first-order chi connectivity index (χ1) is 6.74. The zero-order valence-electron chi connectivity index (χ0n) is 9.12. The molecule has 0 saturated carbocycles. The maximum atomic E-state index is 5.32. The van der Waals surface area contributed by atoms with Gasteiger partial charge in [-0.1, -0.05) is 0 Å². The van der Waals surface area contributed by atoms with Gasteiger partial charge in [-0.2, -0.15) is 0 Å². The van der Waals surface area contributed by atoms with Crippen molar-refractivity contribution < 1.29 is 9.15 Å². The van der Waals surface area contributed by atoms with Crippen molar-refractivity contribution in [3.05, 3.63) is 24.2 Å². The van der Waals surface area contributed by atoms with Crippen molar-refractivity contribution in [2.75, 3.05) is 13.2 Å². The molecule has 0 aliphatic rings. The van der Waals surface area contributed by atoms with Crippen LogP contribution in [0.1, 0.15) is 32.6 Å². The van der Waals surface area contributed by atoms with Crippen molar-refractivity contribution in [1.82, 2.24) is 5.32 Å². The van der Waals surface area contributed by atoms with Crippen molar-refractivity contribution in [2.24, 2.45) is 0 Å². The van der Waals surface area contributed by atoms with Crippen LogP contribution in [-0.2, 0) is 4.74 Å². The Balaban J connectivity index is 2.29. The Kier molecular flexibility index (Phi) is 4.70. The monoisotopic (exact) mass is 197 g/mol. The highest BCUT2D eigenvalue weighted by molar-refractivity contribution is 5.03. The lowest BCUT2D eigenvalue weighted by Gasteiger charge is -2.18. The first kappa shape index (κ1) is 11.3. The number of ether oxygens (including phenoxy) is 1. The zero-order valence-corrected chi connectivity index (χ0v) is 9.12. The number of hydrogen-bond donors (Lipinski definition) is 1. The van der Waals surface area contributed by atoms with Crippen LogP contribution in [0.15, 0.2) is 22.8 Å². The van der Waals surface area contributed by atoms with Gasteiger partial charge in [0.25, 0.3) is 0 Å². The second-order valence-electron chi connectivity index (χ2n) is 3.46. The summed E-state index contributed by atoms with van der Waals surface area (Å²) in [7, 11) is 0. The molecule has 14 heavy (non-hydrogen) atoms. The summed E-state index contributed by atoms with van der Waals surface area (Å²) in [6.07, 6.45) is 1.70. The van der Waals surface area contributed by atoms with Gasteiger partial charge in [-0.05, 0) is 32.9 Å². The molecule has 1 unspecified atom stereocenters. The highest BCUT2D eigenvalue weighted by Crippen LogP contribution is 2.12. The van der Waals surface area contributed by atoms with E-state index in [2.05, 4.69) is 19.2 Å². The van der Waals surface area contributed by atoms with Crippen LogP contribution in [0.25, 0.3) is 0 Å². The third-order valence-electron chi connectivity index (χ3n) is 2.08. The Morgan fingerprint density at radius 1 is 1.50 bits per heavy atom. The molecule has 0 radical (unpaired) electrons. The van der Waals surface area contributed by atoms with Gasteiger partial charge in [0.2, 0.25) is 0 Å². The van der Waals surface area contributed by atoms with Crippen LogP contribution in [0.3, 0.4) is 0 Å². The fraction of sp³-hybridized carbons (Fsp3) is 0.636. The summed E-state index contributed by atoms with van der Waals surface area (Å²) < 4.78 is 10.6. The van der Waals surface area contributed by atoms with E-state index >= 15 is 0 Å². The van der Waals surface area contributed by atoms with Gasteiger partial charge in [0, 0.05) is 12.6 Å². The summed E-state index contributed by atoms with van der Waals surface area (Å²) in [6.45, 7) is 7.70. The predicted octanol–water partition coefficient (Wildman–Crippen LogP) is 2.36. The first-order valence-electron chi connectivity index (χ1n) is 5.11. The molecular formula is C11H19NO2. The van der Waals surface area contributed by atoms with Gasteiger partial charge in [0.15, 0.2) is 0 Å². The van der Waals surface area contributed by atoms with Gasteiger partial charge in [0.1, 0.15) is 5.76 Å². The molecule has 0 aromatic carbocycles. The van der Waals surface area contributed by atoms with Crippen molar-refractivity contribution >= 4 is 0 Å². The molecule has 1 rings (SSSR count). The molecule has 1 N–H and O–H groups in total. The molecule has 1 aromatic heterocycles. The Hall–Kier alpha value is -0.800. The molecule has 3 nitrogen and oxygen atoms in total. The SMILES string of the molecule is CCOCC(C)N[C@H](C)c1ccco1. The molecule has 0 amide bonds. The van der Waals surface area contributed by atoms with Crippen LogP contribution < -0.4 is 5.32 Å². The number of hydrogen-bond acceptors (Lipinski definition) is 3. The first-order valence-corrected chi connectivity index (χ1v) is 5.11. The molecule has 2 atom stereocenters. The minimum atomic E-state index is 0.237. The molecule has 3 heteroatoms. The van der Waals surface area contributed by atoms with E-state index in [0.29, 0.717) is 6.04 Å². The van der Waals surface area contributed by atoms with Gasteiger partial charge in [0.05, 0.1) is 18.9 Å². The van der Waals surface area contributed by atoms with Crippen LogP contribution in [0.4, 0.5) is 0 Å². The smallest absolute Gasteiger partial charge is 0.120 e. The minimum absolute atomic E-state index is 0.237. The predicted molar refractivity (Wildman–Crippen MR) is 56.2 cm³/mol. The molecule has 1 aromatic rings. The summed E-state index contributed by atoms with van der Waals surface area (Å²) in [5.41, 5.74) is 0. The van der Waals surface area contributed by atoms with Crippen molar-refractivity contribution in [3.63, 3.8) is 0 Å². The Bertz CT molecular complexity index is 233. The van der Waals surface area contributed by atoms with E-state index in [1.54, 1.807) is 6.26 Å². The zero-order chi connectivity index (χ0) is 10.4. The third kappa shape index (κ3) is 3.52. The Morgan fingerprint density at radius 2 is 2.29 bits per heavy atom. The van der Waals surface area contributed by atoms with Crippen LogP contribution in [0.2, 0.25) is 0 Å². The van der Waals surface area contributed by atoms with E-state index in [1.165, 1.54) is 0 Å². The van der Waals surface area contributed by atoms with Crippen LogP contribution >= 0.6 is 0 Å². The summed E-state index contributed by atoms with van der Waals surface area (Å²) in [4.78, 5) is 0. The van der Waals surface area contributed by atoms with E-state index in [1.807, 2.05) is 19.1 Å². The highest BCUT2D eigenvalue weighted by atomic mass is 16.5. The van der Waals surface area contributed by atoms with Crippen molar-refractivity contribution in [1.29, 1.82) is 0 Å². The lowest BCUT2D eigenvalue weighted by atomic mass is 10.2. The largest absolute Gasteiger partial charge is 0.468 e. The molecular weight excluding hydrogens is 178 g/mol. The maximum Gasteiger partial charge on any atom is 0.120 e. The second kappa shape index (κ2) is 5.83. The molecule has 0 aliphatic carbocycles. The molecule has 0 bridgehead atoms. The van der Waals surface area contributed by atoms with Crippen LogP contribution in [0.5, 0.6) is 0 Å². The standard InChI is InChI=1S/C11H19NO2/c1-4-13-8-9(2)12-10(3)11-6-5-7-14-11/h5-7,9-10,12H,4,8H2,1-3H3/t9?,10-/m1/s1. The Morgan fingerprint density at radius 3 is 2.86 bits per heavy atom. The lowest BCUT2D eigenvalue weighted by molar-refractivity contribution is 0.123. The molecule has 0 saturated heterocycles. The van der Waals surface area contributed by atoms with Crippen LogP contribution in [-0.4, -0.2) is 19.3 Å². The normalized spacial score (nSPS) is 15.4. The summed E-state index contributed by atoms with van der Waals surface area (Å²) in [6, 6.07) is 4.46. The van der Waals surface area contributed by atoms with Crippen molar-refractivity contribution in [2.45, 2.75) is 32.9 Å². The molecule has 80 valence electrons. The summed E-state index contributed by atoms with van der Waals surface area (Å²) in [5, 5.41) is 3.40. The van der Waals surface area contributed by atoms with E-state index in [0.717, 1.165) is 19.0 Å². The maximum absolute atomic E-state index is 5.32. The Labute approximate surface area is 85.4 Å². The summed E-state index contributed by atoms with van der Waals surface area (Å²) >= 11 is 0. The molecule has 0 aliphatic heterocycles. The lowest BCUT2D eigenvalue weighted by Crippen LogP contribution is -2.32. The van der Waals surface area contributed by atoms with Crippen molar-refractivity contribution in [3.8, 4) is 0 Å². The van der Waals surface area contributed by atoms with E-state index < -0.39 is 0 Å². The van der Waals surface area contributed by atoms with E-state index in [-0.39, 0.29) is 6.04 Å². The topological polar surface area (TPSA) is 34.4 Å².